The summed E-state index contributed by atoms with van der Waals surface area (Å²) in [7, 11) is -2.83. The number of aliphatic hydroxyl groups excluding tert-OH is 4. The molecule has 1 saturated heterocycles. The molecule has 8 N–H and O–H groups in total. The standard InChI is InChI=1S/C66H72N6O20S4/c1-35(2)68-62(77)40-9-12-50(89-66-61(76)60(75)59(74)56(32-73)90-66)55(20-40)92-96(83,84)91-44-10-7-36(8-11-44)30-72(3,4)31-37-17-38(33-87-53-24-47-45(22-51(53)85-5)64(78)70-28-41-13-15-93-57(41)21-43(70)27-67-47)19-39(18-37)34-88-54-25-48-46(23-52(54)86-6)65(79)71-29-42-14-16-94-58(42)26-49(71)63(69-48)95(80,81)82/h7-20,22-25,35,43,49,56,59-61,63,66,73-76H,21,26-34H2,1-6H3,(H3-,67,68,69,77,78,79,80,81,82)/p+1/t43-,49-,56+,59-,60-,61+,63-,66?/m0/s1. The third-order valence-corrected chi connectivity index (χ3v) is 21.1. The van der Waals surface area contributed by atoms with Gasteiger partial charge in [-0.05, 0) is 132 Å². The smallest absolute Gasteiger partial charge is 0.493 e. The van der Waals surface area contributed by atoms with Gasteiger partial charge in [0.25, 0.3) is 27.8 Å². The normalized spacial score (nSPS) is 21.5. The molecule has 0 bridgehead atoms. The highest BCUT2D eigenvalue weighted by Gasteiger charge is 2.47. The molecule has 2 aromatic heterocycles. The van der Waals surface area contributed by atoms with Crippen LogP contribution in [0.1, 0.15) is 88.1 Å². The van der Waals surface area contributed by atoms with Gasteiger partial charge in [-0.3, -0.25) is 18.9 Å². The molecule has 5 aromatic carbocycles. The first-order valence-corrected chi connectivity index (χ1v) is 35.3. The lowest BCUT2D eigenvalue weighted by molar-refractivity contribution is -0.916. The van der Waals surface area contributed by atoms with Crippen LogP contribution in [0.2, 0.25) is 0 Å². The fourth-order valence-electron chi connectivity index (χ4n) is 12.7. The van der Waals surface area contributed by atoms with E-state index in [4.69, 9.17) is 36.8 Å². The number of nitrogens with zero attached hydrogens (tertiary/aromatic N) is 3. The Kier molecular flexibility index (Phi) is 19.3. The number of quaternary nitrogens is 1. The summed E-state index contributed by atoms with van der Waals surface area (Å²) in [5.41, 5.74) is 6.34. The third kappa shape index (κ3) is 14.5. The Hall–Kier alpha value is -8.27. The van der Waals surface area contributed by atoms with E-state index in [1.54, 1.807) is 49.4 Å². The van der Waals surface area contributed by atoms with Gasteiger partial charge in [0.2, 0.25) is 6.29 Å². The fourth-order valence-corrected chi connectivity index (χ4v) is 16.2. The topological polar surface area (TPSA) is 337 Å². The summed E-state index contributed by atoms with van der Waals surface area (Å²) in [6.07, 6.45) is -7.52. The van der Waals surface area contributed by atoms with Gasteiger partial charge in [-0.15, -0.1) is 31.1 Å². The van der Waals surface area contributed by atoms with Crippen molar-refractivity contribution in [1.82, 2.24) is 15.1 Å². The van der Waals surface area contributed by atoms with Crippen molar-refractivity contribution in [3.05, 3.63) is 168 Å². The lowest BCUT2D eigenvalue weighted by atomic mass is 9.99. The molecule has 510 valence electrons. The van der Waals surface area contributed by atoms with Crippen LogP contribution in [0.5, 0.6) is 40.2 Å². The number of hydrogen-bond acceptors (Lipinski definition) is 23. The Balaban J connectivity index is 0.788. The quantitative estimate of drug-likeness (QED) is 0.0286. The Morgan fingerprint density at radius 1 is 0.688 bits per heavy atom. The molecule has 0 radical (unpaired) electrons. The van der Waals surface area contributed by atoms with Gasteiger partial charge in [-0.25, -0.2) is 0 Å². The summed E-state index contributed by atoms with van der Waals surface area (Å²) in [6, 6.07) is 24.8. The van der Waals surface area contributed by atoms with Crippen LogP contribution in [0.4, 0.5) is 11.4 Å². The maximum Gasteiger partial charge on any atom is 0.501 e. The minimum atomic E-state index is -5.01. The van der Waals surface area contributed by atoms with Crippen molar-refractivity contribution < 1.29 is 97.5 Å². The van der Waals surface area contributed by atoms with Gasteiger partial charge in [-0.2, -0.15) is 8.42 Å². The Morgan fingerprint density at radius 3 is 1.91 bits per heavy atom. The van der Waals surface area contributed by atoms with E-state index in [-0.39, 0.29) is 84.0 Å². The van der Waals surface area contributed by atoms with Crippen LogP contribution in [-0.4, -0.2) is 169 Å². The van der Waals surface area contributed by atoms with Gasteiger partial charge in [-0.1, -0.05) is 0 Å². The number of hydrogen-bond donors (Lipinski definition) is 8. The maximum atomic E-state index is 14.4. The van der Waals surface area contributed by atoms with Gasteiger partial charge in [0.05, 0.1) is 69.5 Å². The van der Waals surface area contributed by atoms with Crippen molar-refractivity contribution in [3.63, 3.8) is 0 Å². The van der Waals surface area contributed by atoms with E-state index in [0.29, 0.717) is 59.0 Å². The molecule has 30 heteroatoms. The van der Waals surface area contributed by atoms with E-state index in [1.165, 1.54) is 71.7 Å². The molecule has 12 rings (SSSR count). The fraction of sp³-hybridized carbons (Fsp3) is 0.379. The monoisotopic (exact) mass is 1400 g/mol. The molecule has 0 aliphatic carbocycles. The van der Waals surface area contributed by atoms with Gasteiger partial charge < -0.3 is 87.4 Å². The summed E-state index contributed by atoms with van der Waals surface area (Å²) in [6.45, 7) is 4.66. The molecule has 5 aliphatic rings. The van der Waals surface area contributed by atoms with E-state index in [9.17, 15) is 56.2 Å². The zero-order chi connectivity index (χ0) is 68.1. The molecule has 1 unspecified atom stereocenters. The first kappa shape index (κ1) is 67.7. The molecule has 3 amide bonds. The van der Waals surface area contributed by atoms with Crippen LogP contribution in [0.25, 0.3) is 0 Å². The van der Waals surface area contributed by atoms with E-state index in [0.717, 1.165) is 45.2 Å². The molecule has 26 nitrogen and oxygen atoms in total. The molecule has 7 aromatic rings. The van der Waals surface area contributed by atoms with Gasteiger partial charge >= 0.3 is 10.4 Å². The van der Waals surface area contributed by atoms with E-state index in [2.05, 4.69) is 27.4 Å². The SMILES string of the molecule is COc1cc2c(cc1OCc1cc(COc3cc4c(cc3OC)C(=O)N3Cc5ccsc5C[C@H]3[C@H](S(=O)(=O)O)N4)cc(C[N+](C)(C)Cc3ccc(OS(=O)(=O)Oc4cc(C(=O)NC(C)C)ccc4OC4O[C@H](CO)[C@H](O)[C@H](O)[C@H]4O)cc3)c1)NC[C@@H]1Cc3sccc3CN1C2=O. The zero-order valence-electron chi connectivity index (χ0n) is 53.0. The number of ether oxygens (including phenoxy) is 6. The van der Waals surface area contributed by atoms with Crippen molar-refractivity contribution in [2.75, 3.05) is 52.1 Å². The van der Waals surface area contributed by atoms with Crippen LogP contribution in [0.15, 0.2) is 108 Å². The summed E-state index contributed by atoms with van der Waals surface area (Å²) in [5, 5.41) is 52.7. The lowest BCUT2D eigenvalue weighted by Gasteiger charge is -2.39. The number of thiophene rings is 2. The number of anilines is 2. The second-order valence-corrected chi connectivity index (χ2v) is 29.8. The predicted octanol–water partition coefficient (Wildman–Crippen LogP) is 5.98. The van der Waals surface area contributed by atoms with Gasteiger partial charge in [0.15, 0.2) is 39.9 Å². The predicted molar refractivity (Wildman–Crippen MR) is 351 cm³/mol. The molecular weight excluding hydrogens is 1330 g/mol. The highest BCUT2D eigenvalue weighted by atomic mass is 32.3. The maximum absolute atomic E-state index is 14.4. The van der Waals surface area contributed by atoms with Crippen molar-refractivity contribution >= 4 is 72.3 Å². The summed E-state index contributed by atoms with van der Waals surface area (Å²) < 4.78 is 111. The molecule has 0 saturated carbocycles. The van der Waals surface area contributed by atoms with Crippen molar-refractivity contribution in [2.24, 2.45) is 0 Å². The van der Waals surface area contributed by atoms with Gasteiger partial charge in [0, 0.05) is 77.1 Å². The number of benzene rings is 5. The number of amides is 3. The van der Waals surface area contributed by atoms with Crippen molar-refractivity contribution in [2.45, 2.75) is 120 Å². The van der Waals surface area contributed by atoms with E-state index in [1.807, 2.05) is 48.6 Å². The van der Waals surface area contributed by atoms with Gasteiger partial charge in [0.1, 0.15) is 56.5 Å². The molecular formula is C66H73N6O20S4+. The highest BCUT2D eigenvalue weighted by molar-refractivity contribution is 7.86. The average Bonchev–Trinajstić information content (AvgIpc) is 1.59. The number of nitrogens with one attached hydrogen (secondary N) is 3. The van der Waals surface area contributed by atoms with Crippen LogP contribution in [0.3, 0.4) is 0 Å². The minimum Gasteiger partial charge on any atom is -0.493 e. The number of rotatable bonds is 22. The molecule has 5 aliphatic heterocycles. The molecule has 8 atom stereocenters. The van der Waals surface area contributed by atoms with Crippen LogP contribution in [0, 0.1) is 0 Å². The molecule has 7 heterocycles. The third-order valence-electron chi connectivity index (χ3n) is 17.3. The van der Waals surface area contributed by atoms with Crippen LogP contribution < -0.4 is 48.0 Å². The first-order chi connectivity index (χ1) is 45.7. The lowest BCUT2D eigenvalue weighted by Crippen LogP contribution is -2.60. The largest absolute Gasteiger partial charge is 0.501 e. The second-order valence-electron chi connectivity index (χ2n) is 25.1. The number of carbonyl (C=O) groups excluding carboxylic acids is 3. The molecule has 0 spiro atoms. The Bertz CT molecular complexity index is 4330. The number of carbonyl (C=O) groups is 3. The van der Waals surface area contributed by atoms with Crippen molar-refractivity contribution in [1.29, 1.82) is 0 Å². The summed E-state index contributed by atoms with van der Waals surface area (Å²) >= 11 is 3.15. The number of aliphatic hydroxyl groups is 4. The average molecular weight is 1400 g/mol. The number of fused-ring (bicyclic) bond motifs is 6. The Morgan fingerprint density at radius 2 is 1.28 bits per heavy atom. The molecule has 96 heavy (non-hydrogen) atoms. The Labute approximate surface area is 562 Å². The minimum absolute atomic E-state index is 0.0291. The first-order valence-electron chi connectivity index (χ1n) is 30.7. The summed E-state index contributed by atoms with van der Waals surface area (Å²) in [4.78, 5) is 47.2. The molecule has 1 fully saturated rings. The van der Waals surface area contributed by atoms with E-state index < -0.39 is 86.8 Å². The van der Waals surface area contributed by atoms with Crippen LogP contribution >= 0.6 is 22.7 Å². The number of methoxy groups -OCH3 is 2. The van der Waals surface area contributed by atoms with Crippen molar-refractivity contribution in [3.8, 4) is 40.2 Å². The summed E-state index contributed by atoms with van der Waals surface area (Å²) in [5.74, 6) is -1.12. The zero-order valence-corrected chi connectivity index (χ0v) is 56.3. The van der Waals surface area contributed by atoms with E-state index >= 15 is 0 Å². The highest BCUT2D eigenvalue weighted by Crippen LogP contribution is 2.43. The second kappa shape index (κ2) is 27.3. The van der Waals surface area contributed by atoms with Crippen LogP contribution in [-0.2, 0) is 77.5 Å².